The number of methoxy groups -OCH3 is 1. The van der Waals surface area contributed by atoms with E-state index in [1.165, 1.54) is 13.2 Å². The molecule has 0 atom stereocenters. The fourth-order valence-electron chi connectivity index (χ4n) is 1.32. The monoisotopic (exact) mass is 242 g/mol. The van der Waals surface area contributed by atoms with Crippen molar-refractivity contribution in [3.05, 3.63) is 22.2 Å². The van der Waals surface area contributed by atoms with Gasteiger partial charge in [-0.05, 0) is 6.42 Å². The zero-order valence-electron chi connectivity index (χ0n) is 9.34. The third-order valence-corrected chi connectivity index (χ3v) is 2.14. The third kappa shape index (κ3) is 3.22. The predicted molar refractivity (Wildman–Crippen MR) is 61.5 cm³/mol. The van der Waals surface area contributed by atoms with Gasteiger partial charge in [0.2, 0.25) is 0 Å². The molecule has 17 heavy (non-hydrogen) atoms. The van der Waals surface area contributed by atoms with Gasteiger partial charge in [-0.3, -0.25) is 10.1 Å². The summed E-state index contributed by atoms with van der Waals surface area (Å²) in [6.45, 7) is 0.367. The average molecular weight is 242 g/mol. The van der Waals surface area contributed by atoms with Crippen molar-refractivity contribution >= 4 is 11.4 Å². The lowest BCUT2D eigenvalue weighted by atomic mass is 10.2. The predicted octanol–water partition coefficient (Wildman–Crippen LogP) is 1.10. The molecular weight excluding hydrogens is 228 g/mol. The Hall–Kier alpha value is -2.02. The highest BCUT2D eigenvalue weighted by Gasteiger charge is 2.18. The zero-order valence-corrected chi connectivity index (χ0v) is 9.34. The van der Waals surface area contributed by atoms with Crippen molar-refractivity contribution in [3.8, 4) is 11.5 Å². The second-order valence-electron chi connectivity index (χ2n) is 3.30. The van der Waals surface area contributed by atoms with Crippen molar-refractivity contribution in [1.82, 2.24) is 0 Å². The second-order valence-corrected chi connectivity index (χ2v) is 3.30. The van der Waals surface area contributed by atoms with E-state index < -0.39 is 4.92 Å². The Labute approximate surface area is 97.8 Å². The smallest absolute Gasteiger partial charge is 0.296 e. The van der Waals surface area contributed by atoms with E-state index in [1.807, 2.05) is 0 Å². The number of rotatable bonds is 6. The van der Waals surface area contributed by atoms with E-state index in [2.05, 4.69) is 5.32 Å². The highest BCUT2D eigenvalue weighted by Crippen LogP contribution is 2.36. The molecule has 0 saturated carbocycles. The molecule has 0 saturated heterocycles. The second kappa shape index (κ2) is 5.90. The van der Waals surface area contributed by atoms with Crippen LogP contribution in [0.2, 0.25) is 0 Å². The summed E-state index contributed by atoms with van der Waals surface area (Å²) in [5.41, 5.74) is 0.0133. The molecule has 0 radical (unpaired) electrons. The normalized spacial score (nSPS) is 10.0. The van der Waals surface area contributed by atoms with E-state index in [4.69, 9.17) is 9.84 Å². The van der Waals surface area contributed by atoms with Crippen LogP contribution >= 0.6 is 0 Å². The first-order valence-electron chi connectivity index (χ1n) is 5.00. The van der Waals surface area contributed by atoms with Crippen LogP contribution in [0, 0.1) is 10.1 Å². The number of nitrogens with zero attached hydrogens (tertiary/aromatic N) is 1. The summed E-state index contributed by atoms with van der Waals surface area (Å²) in [5, 5.41) is 31.7. The molecule has 0 aliphatic carbocycles. The lowest BCUT2D eigenvalue weighted by Crippen LogP contribution is -2.06. The summed E-state index contributed by atoms with van der Waals surface area (Å²) in [6.07, 6.45) is 0.462. The van der Waals surface area contributed by atoms with Gasteiger partial charge in [0, 0.05) is 19.2 Å². The number of aromatic hydroxyl groups is 1. The number of nitrogens with one attached hydrogen (secondary N) is 1. The zero-order chi connectivity index (χ0) is 12.8. The number of aliphatic hydroxyl groups excluding tert-OH is 1. The summed E-state index contributed by atoms with van der Waals surface area (Å²) in [5.74, 6) is -0.131. The Morgan fingerprint density at radius 1 is 1.53 bits per heavy atom. The van der Waals surface area contributed by atoms with Gasteiger partial charge in [-0.15, -0.1) is 0 Å². The number of hydrogen-bond donors (Lipinski definition) is 3. The number of phenols is 1. The highest BCUT2D eigenvalue weighted by molar-refractivity contribution is 5.68. The van der Waals surface area contributed by atoms with Crippen molar-refractivity contribution < 1.29 is 19.9 Å². The third-order valence-electron chi connectivity index (χ3n) is 2.14. The van der Waals surface area contributed by atoms with Crippen LogP contribution in [0.15, 0.2) is 12.1 Å². The number of aliphatic hydroxyl groups is 1. The standard InChI is InChI=1S/C10H14N2O5/c1-17-10-6-8(12(15)16)7(5-9(10)14)11-3-2-4-13/h5-6,11,13-14H,2-4H2,1H3. The molecule has 0 unspecified atom stereocenters. The van der Waals surface area contributed by atoms with Gasteiger partial charge in [0.25, 0.3) is 5.69 Å². The van der Waals surface area contributed by atoms with Crippen molar-refractivity contribution in [1.29, 1.82) is 0 Å². The Morgan fingerprint density at radius 3 is 2.76 bits per heavy atom. The molecular formula is C10H14N2O5. The SMILES string of the molecule is COc1cc([N+](=O)[O-])c(NCCCO)cc1O. The van der Waals surface area contributed by atoms with Crippen molar-refractivity contribution in [2.24, 2.45) is 0 Å². The number of hydrogen-bond acceptors (Lipinski definition) is 6. The van der Waals surface area contributed by atoms with Crippen LogP contribution in [0.25, 0.3) is 0 Å². The largest absolute Gasteiger partial charge is 0.504 e. The molecule has 0 spiro atoms. The minimum absolute atomic E-state index is 0.0110. The number of anilines is 1. The molecule has 0 aromatic heterocycles. The molecule has 3 N–H and O–H groups in total. The first-order chi connectivity index (χ1) is 8.10. The lowest BCUT2D eigenvalue weighted by Gasteiger charge is -2.09. The topological polar surface area (TPSA) is 105 Å². The van der Waals surface area contributed by atoms with E-state index in [0.717, 1.165) is 6.07 Å². The van der Waals surface area contributed by atoms with Crippen molar-refractivity contribution in [3.63, 3.8) is 0 Å². The Morgan fingerprint density at radius 2 is 2.24 bits per heavy atom. The van der Waals surface area contributed by atoms with Crippen LogP contribution < -0.4 is 10.1 Å². The van der Waals surface area contributed by atoms with Gasteiger partial charge in [0.1, 0.15) is 5.69 Å². The summed E-state index contributed by atoms with van der Waals surface area (Å²) in [6, 6.07) is 2.38. The van der Waals surface area contributed by atoms with Gasteiger partial charge in [0.05, 0.1) is 18.1 Å². The first-order valence-corrected chi connectivity index (χ1v) is 5.00. The minimum Gasteiger partial charge on any atom is -0.504 e. The Kier molecular flexibility index (Phi) is 4.53. The number of nitro groups is 1. The number of ether oxygens (including phenoxy) is 1. The summed E-state index contributed by atoms with van der Waals surface area (Å²) >= 11 is 0. The summed E-state index contributed by atoms with van der Waals surface area (Å²) in [4.78, 5) is 10.2. The molecule has 1 aromatic carbocycles. The maximum atomic E-state index is 10.8. The molecule has 0 fully saturated rings. The van der Waals surface area contributed by atoms with Gasteiger partial charge in [-0.25, -0.2) is 0 Å². The molecule has 1 rings (SSSR count). The van der Waals surface area contributed by atoms with Crippen LogP contribution in [0.3, 0.4) is 0 Å². The van der Waals surface area contributed by atoms with Gasteiger partial charge in [-0.1, -0.05) is 0 Å². The van der Waals surface area contributed by atoms with Crippen molar-refractivity contribution in [2.75, 3.05) is 25.6 Å². The molecule has 0 aliphatic rings. The minimum atomic E-state index is -0.566. The maximum absolute atomic E-state index is 10.8. The molecule has 1 aromatic rings. The molecule has 0 aliphatic heterocycles. The molecule has 0 heterocycles. The van der Waals surface area contributed by atoms with E-state index >= 15 is 0 Å². The van der Waals surface area contributed by atoms with Gasteiger partial charge < -0.3 is 20.3 Å². The molecule has 0 amide bonds. The van der Waals surface area contributed by atoms with E-state index in [0.29, 0.717) is 13.0 Å². The van der Waals surface area contributed by atoms with Crippen LogP contribution in [-0.2, 0) is 0 Å². The number of nitro benzene ring substituents is 1. The van der Waals surface area contributed by atoms with Crippen LogP contribution in [0.1, 0.15) is 6.42 Å². The van der Waals surface area contributed by atoms with Crippen molar-refractivity contribution in [2.45, 2.75) is 6.42 Å². The fraction of sp³-hybridized carbons (Fsp3) is 0.400. The first kappa shape index (κ1) is 13.0. The molecule has 7 heteroatoms. The summed E-state index contributed by atoms with van der Waals surface area (Å²) in [7, 11) is 1.32. The van der Waals surface area contributed by atoms with Gasteiger partial charge >= 0.3 is 0 Å². The van der Waals surface area contributed by atoms with Crippen LogP contribution in [0.4, 0.5) is 11.4 Å². The van der Waals surface area contributed by atoms with Crippen LogP contribution in [-0.4, -0.2) is 35.4 Å². The number of phenolic OH excluding ortho intramolecular Hbond substituents is 1. The molecule has 7 nitrogen and oxygen atoms in total. The molecule has 0 bridgehead atoms. The van der Waals surface area contributed by atoms with Gasteiger partial charge in [0.15, 0.2) is 11.5 Å². The number of benzene rings is 1. The quantitative estimate of drug-likeness (QED) is 0.392. The molecule has 94 valence electrons. The maximum Gasteiger partial charge on any atom is 0.296 e. The van der Waals surface area contributed by atoms with Gasteiger partial charge in [-0.2, -0.15) is 0 Å². The highest BCUT2D eigenvalue weighted by atomic mass is 16.6. The average Bonchev–Trinajstić information content (AvgIpc) is 2.29. The summed E-state index contributed by atoms with van der Waals surface area (Å²) < 4.78 is 4.79. The fourth-order valence-corrected chi connectivity index (χ4v) is 1.32. The lowest BCUT2D eigenvalue weighted by molar-refractivity contribution is -0.384. The van der Waals surface area contributed by atoms with Crippen LogP contribution in [0.5, 0.6) is 11.5 Å². The van der Waals surface area contributed by atoms with E-state index in [9.17, 15) is 15.2 Å². The van der Waals surface area contributed by atoms with E-state index in [-0.39, 0.29) is 29.5 Å². The Bertz CT molecular complexity index is 408. The van der Waals surface area contributed by atoms with E-state index in [1.54, 1.807) is 0 Å². The Balaban J connectivity index is 3.01.